The highest BCUT2D eigenvalue weighted by molar-refractivity contribution is 5.88. The summed E-state index contributed by atoms with van der Waals surface area (Å²) >= 11 is 0. The summed E-state index contributed by atoms with van der Waals surface area (Å²) in [6.07, 6.45) is 0.843. The molecule has 0 amide bonds. The van der Waals surface area contributed by atoms with Crippen LogP contribution in [0.25, 0.3) is 11.1 Å². The maximum Gasteiger partial charge on any atom is 0.337 e. The average molecular weight is 549 g/mol. The SMILES string of the molecule is Cc1nc(C)c(C(OC(C)(C)C)C(=O)O)c(N2CCC(C)(C)CC2)c1-c1ccc(OCc2ccc(F)cc2)cc1. The van der Waals surface area contributed by atoms with Gasteiger partial charge in [0.05, 0.1) is 11.3 Å². The van der Waals surface area contributed by atoms with Crippen molar-refractivity contribution in [1.82, 2.24) is 4.98 Å². The number of aryl methyl sites for hydroxylation is 2. The summed E-state index contributed by atoms with van der Waals surface area (Å²) < 4.78 is 25.3. The average Bonchev–Trinajstić information content (AvgIpc) is 2.87. The van der Waals surface area contributed by atoms with Crippen molar-refractivity contribution in [2.75, 3.05) is 18.0 Å². The van der Waals surface area contributed by atoms with E-state index in [4.69, 9.17) is 14.5 Å². The predicted molar refractivity (Wildman–Crippen MR) is 156 cm³/mol. The summed E-state index contributed by atoms with van der Waals surface area (Å²) in [4.78, 5) is 19.8. The lowest BCUT2D eigenvalue weighted by molar-refractivity contribution is -0.160. The van der Waals surface area contributed by atoms with Gasteiger partial charge in [-0.25, -0.2) is 9.18 Å². The molecule has 1 fully saturated rings. The van der Waals surface area contributed by atoms with Crippen LogP contribution in [0, 0.1) is 25.1 Å². The van der Waals surface area contributed by atoms with E-state index in [0.717, 1.165) is 54.0 Å². The van der Waals surface area contributed by atoms with Gasteiger partial charge in [-0.15, -0.1) is 0 Å². The van der Waals surface area contributed by atoms with Gasteiger partial charge in [-0.3, -0.25) is 4.98 Å². The Balaban J connectivity index is 1.77. The first-order valence-electron chi connectivity index (χ1n) is 13.9. The summed E-state index contributed by atoms with van der Waals surface area (Å²) in [6, 6.07) is 14.0. The van der Waals surface area contributed by atoms with Crippen LogP contribution < -0.4 is 9.64 Å². The van der Waals surface area contributed by atoms with E-state index >= 15 is 0 Å². The van der Waals surface area contributed by atoms with Gasteiger partial charge in [-0.05, 0) is 88.3 Å². The van der Waals surface area contributed by atoms with E-state index in [1.54, 1.807) is 12.1 Å². The molecule has 1 saturated heterocycles. The van der Waals surface area contributed by atoms with E-state index in [9.17, 15) is 14.3 Å². The zero-order valence-electron chi connectivity index (χ0n) is 24.7. The third-order valence-electron chi connectivity index (χ3n) is 7.43. The van der Waals surface area contributed by atoms with Gasteiger partial charge in [0.15, 0.2) is 6.10 Å². The van der Waals surface area contributed by atoms with Crippen molar-refractivity contribution in [3.63, 3.8) is 0 Å². The molecule has 1 unspecified atom stereocenters. The zero-order valence-corrected chi connectivity index (χ0v) is 24.7. The number of aromatic nitrogens is 1. The van der Waals surface area contributed by atoms with E-state index in [1.165, 1.54) is 12.1 Å². The monoisotopic (exact) mass is 548 g/mol. The fraction of sp³-hybridized carbons (Fsp3) is 0.455. The Kier molecular flexibility index (Phi) is 8.55. The number of carboxylic acids is 1. The lowest BCUT2D eigenvalue weighted by atomic mass is 9.82. The number of nitrogens with zero attached hydrogens (tertiary/aromatic N) is 2. The number of benzene rings is 2. The minimum atomic E-state index is -1.16. The van der Waals surface area contributed by atoms with Crippen LogP contribution in [-0.2, 0) is 16.1 Å². The van der Waals surface area contributed by atoms with Gasteiger partial charge in [0.2, 0.25) is 0 Å². The number of halogens is 1. The van der Waals surface area contributed by atoms with Gasteiger partial charge in [0.25, 0.3) is 0 Å². The van der Waals surface area contributed by atoms with Crippen molar-refractivity contribution in [1.29, 1.82) is 0 Å². The third kappa shape index (κ3) is 7.00. The molecule has 0 saturated carbocycles. The van der Waals surface area contributed by atoms with Gasteiger partial charge < -0.3 is 19.5 Å². The number of pyridine rings is 1. The standard InChI is InChI=1S/C33H41FN2O4/c1-21-27(24-10-14-26(15-11-24)39-20-23-8-12-25(34)13-9-23)29(36-18-16-33(6,7)17-19-36)28(22(2)35-21)30(31(37)38)40-32(3,4)5/h8-15,30H,16-20H2,1-7H3,(H,37,38). The van der Waals surface area contributed by atoms with Crippen LogP contribution in [0.5, 0.6) is 5.75 Å². The predicted octanol–water partition coefficient (Wildman–Crippen LogP) is 7.65. The van der Waals surface area contributed by atoms with Crippen LogP contribution in [0.15, 0.2) is 48.5 Å². The van der Waals surface area contributed by atoms with E-state index in [2.05, 4.69) is 18.7 Å². The topological polar surface area (TPSA) is 71.9 Å². The quantitative estimate of drug-likeness (QED) is 0.312. The lowest BCUT2D eigenvalue weighted by Crippen LogP contribution is -2.39. The minimum Gasteiger partial charge on any atom is -0.489 e. The van der Waals surface area contributed by atoms with E-state index < -0.39 is 17.7 Å². The summed E-state index contributed by atoms with van der Waals surface area (Å²) in [7, 11) is 0. The fourth-order valence-corrected chi connectivity index (χ4v) is 5.22. The number of carbonyl (C=O) groups is 1. The Morgan fingerprint density at radius 3 is 2.17 bits per heavy atom. The smallest absolute Gasteiger partial charge is 0.337 e. The van der Waals surface area contributed by atoms with Crippen LogP contribution in [-0.4, -0.2) is 34.8 Å². The van der Waals surface area contributed by atoms with Crippen molar-refractivity contribution in [3.05, 3.63) is 76.9 Å². The number of carboxylic acid groups (broad SMARTS) is 1. The van der Waals surface area contributed by atoms with Crippen molar-refractivity contribution in [2.45, 2.75) is 79.6 Å². The maximum atomic E-state index is 13.2. The largest absolute Gasteiger partial charge is 0.489 e. The molecule has 6 nitrogen and oxygen atoms in total. The van der Waals surface area contributed by atoms with Gasteiger partial charge in [-0.2, -0.15) is 0 Å². The second-order valence-corrected chi connectivity index (χ2v) is 12.5. The molecular formula is C33H41FN2O4. The molecule has 1 aromatic heterocycles. The van der Waals surface area contributed by atoms with Crippen LogP contribution in [0.1, 0.15) is 76.1 Å². The van der Waals surface area contributed by atoms with E-state index in [0.29, 0.717) is 23.6 Å². The van der Waals surface area contributed by atoms with Crippen molar-refractivity contribution >= 4 is 11.7 Å². The Hall–Kier alpha value is -3.45. The van der Waals surface area contributed by atoms with Crippen molar-refractivity contribution in [2.24, 2.45) is 5.41 Å². The van der Waals surface area contributed by atoms with Gasteiger partial charge >= 0.3 is 5.97 Å². The summed E-state index contributed by atoms with van der Waals surface area (Å²) in [5.41, 5.74) is 5.28. The molecular weight excluding hydrogens is 507 g/mol. The second-order valence-electron chi connectivity index (χ2n) is 12.5. The molecule has 1 atom stereocenters. The molecule has 0 bridgehead atoms. The molecule has 4 rings (SSSR count). The zero-order chi connectivity index (χ0) is 29.2. The van der Waals surface area contributed by atoms with Gasteiger partial charge in [0, 0.05) is 35.6 Å². The molecule has 40 heavy (non-hydrogen) atoms. The van der Waals surface area contributed by atoms with E-state index in [1.807, 2.05) is 58.9 Å². The highest BCUT2D eigenvalue weighted by Crippen LogP contribution is 2.45. The number of ether oxygens (including phenoxy) is 2. The molecule has 2 aromatic carbocycles. The van der Waals surface area contributed by atoms with Crippen LogP contribution in [0.2, 0.25) is 0 Å². The Labute approximate surface area is 237 Å². The Morgan fingerprint density at radius 2 is 1.62 bits per heavy atom. The van der Waals surface area contributed by atoms with Crippen LogP contribution >= 0.6 is 0 Å². The molecule has 0 spiro atoms. The normalized spacial score (nSPS) is 16.1. The number of anilines is 1. The highest BCUT2D eigenvalue weighted by Gasteiger charge is 2.36. The molecule has 7 heteroatoms. The highest BCUT2D eigenvalue weighted by atomic mass is 19.1. The minimum absolute atomic E-state index is 0.228. The number of aliphatic carboxylic acids is 1. The second kappa shape index (κ2) is 11.6. The number of hydrogen-bond acceptors (Lipinski definition) is 5. The van der Waals surface area contributed by atoms with Crippen molar-refractivity contribution < 1.29 is 23.8 Å². The summed E-state index contributed by atoms with van der Waals surface area (Å²) in [5.74, 6) is -0.620. The Bertz CT molecular complexity index is 1330. The first-order chi connectivity index (χ1) is 18.7. The first kappa shape index (κ1) is 29.5. The molecule has 1 aliphatic heterocycles. The summed E-state index contributed by atoms with van der Waals surface area (Å²) in [5, 5.41) is 10.3. The summed E-state index contributed by atoms with van der Waals surface area (Å²) in [6.45, 7) is 16.0. The third-order valence-corrected chi connectivity index (χ3v) is 7.43. The van der Waals surface area contributed by atoms with Gasteiger partial charge in [0.1, 0.15) is 18.2 Å². The fourth-order valence-electron chi connectivity index (χ4n) is 5.22. The van der Waals surface area contributed by atoms with Gasteiger partial charge in [-0.1, -0.05) is 38.1 Å². The first-order valence-corrected chi connectivity index (χ1v) is 13.9. The molecule has 214 valence electrons. The molecule has 1 aliphatic rings. The van der Waals surface area contributed by atoms with Crippen molar-refractivity contribution in [3.8, 4) is 16.9 Å². The maximum absolute atomic E-state index is 13.2. The molecule has 2 heterocycles. The number of piperidine rings is 1. The van der Waals surface area contributed by atoms with E-state index in [-0.39, 0.29) is 11.2 Å². The van der Waals surface area contributed by atoms with Crippen LogP contribution in [0.4, 0.5) is 10.1 Å². The lowest BCUT2D eigenvalue weighted by Gasteiger charge is -2.41. The number of rotatable bonds is 8. The molecule has 0 radical (unpaired) electrons. The Morgan fingerprint density at radius 1 is 1.02 bits per heavy atom. The molecule has 3 aromatic rings. The van der Waals surface area contributed by atoms with Crippen LogP contribution in [0.3, 0.4) is 0 Å². The number of hydrogen-bond donors (Lipinski definition) is 1. The molecule has 1 N–H and O–H groups in total. The molecule has 0 aliphatic carbocycles.